The third kappa shape index (κ3) is 4.63. The fourth-order valence-electron chi connectivity index (χ4n) is 1.86. The number of carbonyl (C=O) groups excluding carboxylic acids is 1. The normalized spacial score (nSPS) is 10.5. The maximum absolute atomic E-state index is 11.5. The Labute approximate surface area is 153 Å². The molecule has 0 saturated carbocycles. The van der Waals surface area contributed by atoms with Crippen LogP contribution in [0.1, 0.15) is 24.5 Å². The van der Waals surface area contributed by atoms with Crippen molar-refractivity contribution in [1.82, 2.24) is 0 Å². The van der Waals surface area contributed by atoms with Gasteiger partial charge in [-0.1, -0.05) is 36.2 Å². The molecule has 0 amide bonds. The molecular weight excluding hydrogens is 403 g/mol. The summed E-state index contributed by atoms with van der Waals surface area (Å²) in [5, 5.41) is 1.08. The fraction of sp³-hybridized carbons (Fsp3) is 0.235. The van der Waals surface area contributed by atoms with Gasteiger partial charge in [0.15, 0.2) is 0 Å². The molecule has 0 aliphatic heterocycles. The Morgan fingerprint density at radius 3 is 2.61 bits per heavy atom. The highest BCUT2D eigenvalue weighted by atomic mass is 79.9. The van der Waals surface area contributed by atoms with Crippen molar-refractivity contribution in [2.75, 3.05) is 0 Å². The van der Waals surface area contributed by atoms with E-state index in [4.69, 9.17) is 32.7 Å². The Morgan fingerprint density at radius 1 is 1.17 bits per heavy atom. The monoisotopic (exact) mass is 416 g/mol. The number of esters is 1. The highest BCUT2D eigenvalue weighted by Crippen LogP contribution is 2.33. The topological polar surface area (TPSA) is 35.5 Å². The zero-order chi connectivity index (χ0) is 17.0. The molecule has 0 N–H and O–H groups in total. The van der Waals surface area contributed by atoms with Crippen molar-refractivity contribution in [3.05, 3.63) is 56.0 Å². The zero-order valence-corrected chi connectivity index (χ0v) is 15.8. The van der Waals surface area contributed by atoms with Crippen LogP contribution >= 0.6 is 39.1 Å². The van der Waals surface area contributed by atoms with Crippen molar-refractivity contribution in [1.29, 1.82) is 0 Å². The third-order valence-electron chi connectivity index (χ3n) is 3.17. The van der Waals surface area contributed by atoms with E-state index in [1.165, 1.54) is 0 Å². The lowest BCUT2D eigenvalue weighted by atomic mass is 10.2. The minimum atomic E-state index is -0.326. The molecule has 0 aliphatic carbocycles. The van der Waals surface area contributed by atoms with Crippen molar-refractivity contribution >= 4 is 45.1 Å². The van der Waals surface area contributed by atoms with E-state index in [9.17, 15) is 4.79 Å². The molecule has 3 nitrogen and oxygen atoms in total. The summed E-state index contributed by atoms with van der Waals surface area (Å²) in [5.41, 5.74) is 1.56. The van der Waals surface area contributed by atoms with Gasteiger partial charge >= 0.3 is 5.97 Å². The van der Waals surface area contributed by atoms with Crippen LogP contribution in [0.25, 0.3) is 0 Å². The maximum Gasteiger partial charge on any atom is 0.310 e. The molecule has 23 heavy (non-hydrogen) atoms. The minimum Gasteiger partial charge on any atom is -0.487 e. The summed E-state index contributed by atoms with van der Waals surface area (Å²) in [6.07, 6.45) is 0.284. The number of hydrogen-bond acceptors (Lipinski definition) is 3. The predicted octanol–water partition coefficient (Wildman–Crippen LogP) is 5.96. The molecule has 0 aliphatic rings. The van der Waals surface area contributed by atoms with Crippen LogP contribution in [0.3, 0.4) is 0 Å². The molecule has 0 radical (unpaired) electrons. The first kappa shape index (κ1) is 18.1. The van der Waals surface area contributed by atoms with E-state index in [1.807, 2.05) is 13.0 Å². The number of ether oxygens (including phenoxy) is 2. The van der Waals surface area contributed by atoms with Gasteiger partial charge in [-0.3, -0.25) is 4.79 Å². The smallest absolute Gasteiger partial charge is 0.310 e. The van der Waals surface area contributed by atoms with E-state index < -0.39 is 0 Å². The molecule has 0 aromatic heterocycles. The second-order valence-corrected chi connectivity index (χ2v) is 6.53. The lowest BCUT2D eigenvalue weighted by Crippen LogP contribution is -2.09. The van der Waals surface area contributed by atoms with Gasteiger partial charge in [0.1, 0.15) is 18.1 Å². The minimum absolute atomic E-state index is 0.157. The summed E-state index contributed by atoms with van der Waals surface area (Å²) >= 11 is 15.8. The Balaban J connectivity index is 2.23. The van der Waals surface area contributed by atoms with Crippen LogP contribution < -0.4 is 9.47 Å². The van der Waals surface area contributed by atoms with Crippen LogP contribution in [0.2, 0.25) is 10.0 Å². The lowest BCUT2D eigenvalue weighted by Gasteiger charge is -2.14. The molecule has 0 atom stereocenters. The van der Waals surface area contributed by atoms with E-state index >= 15 is 0 Å². The Bertz CT molecular complexity index is 732. The van der Waals surface area contributed by atoms with Gasteiger partial charge in [0.2, 0.25) is 0 Å². The van der Waals surface area contributed by atoms with Gasteiger partial charge in [-0.05, 0) is 46.6 Å². The molecule has 2 aromatic carbocycles. The molecule has 0 spiro atoms. The second-order valence-electron chi connectivity index (χ2n) is 4.86. The van der Waals surface area contributed by atoms with Crippen LogP contribution in [-0.2, 0) is 11.4 Å². The van der Waals surface area contributed by atoms with Crippen molar-refractivity contribution in [2.45, 2.75) is 26.9 Å². The number of benzene rings is 2. The van der Waals surface area contributed by atoms with Crippen molar-refractivity contribution in [3.8, 4) is 11.5 Å². The van der Waals surface area contributed by atoms with E-state index in [0.717, 1.165) is 10.0 Å². The van der Waals surface area contributed by atoms with Gasteiger partial charge in [0.25, 0.3) is 0 Å². The van der Waals surface area contributed by atoms with E-state index in [1.54, 1.807) is 31.2 Å². The standard InChI is InChI=1S/C17H15BrCl2O3/c1-3-17(21)23-15-6-4-5-13(19)11(15)9-22-16-8-14(20)10(2)7-12(16)18/h4-8H,3,9H2,1-2H3. The van der Waals surface area contributed by atoms with Crippen LogP contribution in [0.15, 0.2) is 34.8 Å². The Hall–Kier alpha value is -1.23. The maximum atomic E-state index is 11.5. The van der Waals surface area contributed by atoms with E-state index in [-0.39, 0.29) is 19.0 Å². The molecule has 6 heteroatoms. The van der Waals surface area contributed by atoms with E-state index in [0.29, 0.717) is 27.1 Å². The molecule has 0 fully saturated rings. The first-order valence-electron chi connectivity index (χ1n) is 6.99. The summed E-state index contributed by atoms with van der Waals surface area (Å²) in [7, 11) is 0. The fourth-order valence-corrected chi connectivity index (χ4v) is 2.80. The van der Waals surface area contributed by atoms with Gasteiger partial charge in [0, 0.05) is 17.5 Å². The molecule has 2 aromatic rings. The van der Waals surface area contributed by atoms with Crippen molar-refractivity contribution in [2.24, 2.45) is 0 Å². The molecule has 2 rings (SSSR count). The number of halogens is 3. The van der Waals surface area contributed by atoms with Crippen LogP contribution in [-0.4, -0.2) is 5.97 Å². The van der Waals surface area contributed by atoms with E-state index in [2.05, 4.69) is 15.9 Å². The van der Waals surface area contributed by atoms with Crippen molar-refractivity contribution < 1.29 is 14.3 Å². The van der Waals surface area contributed by atoms with Crippen LogP contribution in [0.4, 0.5) is 0 Å². The molecule has 0 bridgehead atoms. The second kappa shape index (κ2) is 8.04. The molecule has 0 heterocycles. The third-order valence-corrected chi connectivity index (χ3v) is 4.55. The van der Waals surface area contributed by atoms with Crippen LogP contribution in [0.5, 0.6) is 11.5 Å². The molecule has 0 saturated heterocycles. The van der Waals surface area contributed by atoms with Gasteiger partial charge in [-0.25, -0.2) is 0 Å². The highest BCUT2D eigenvalue weighted by Gasteiger charge is 2.13. The summed E-state index contributed by atoms with van der Waals surface area (Å²) in [4.78, 5) is 11.5. The molecule has 122 valence electrons. The summed E-state index contributed by atoms with van der Waals surface area (Å²) in [6, 6.07) is 8.75. The predicted molar refractivity (Wildman–Crippen MR) is 95.6 cm³/mol. The molecular formula is C17H15BrCl2O3. The quantitative estimate of drug-likeness (QED) is 0.444. The largest absolute Gasteiger partial charge is 0.487 e. The number of rotatable bonds is 5. The summed E-state index contributed by atoms with van der Waals surface area (Å²) < 4.78 is 11.9. The average Bonchev–Trinajstić information content (AvgIpc) is 2.51. The van der Waals surface area contributed by atoms with Gasteiger partial charge in [0.05, 0.1) is 15.1 Å². The first-order valence-corrected chi connectivity index (χ1v) is 8.53. The summed E-state index contributed by atoms with van der Waals surface area (Å²) in [5.74, 6) is 0.667. The lowest BCUT2D eigenvalue weighted by molar-refractivity contribution is -0.134. The summed E-state index contributed by atoms with van der Waals surface area (Å²) in [6.45, 7) is 3.80. The van der Waals surface area contributed by atoms with Crippen molar-refractivity contribution in [3.63, 3.8) is 0 Å². The average molecular weight is 418 g/mol. The Kier molecular flexibility index (Phi) is 6.33. The number of hydrogen-bond donors (Lipinski definition) is 0. The zero-order valence-electron chi connectivity index (χ0n) is 12.7. The highest BCUT2D eigenvalue weighted by molar-refractivity contribution is 9.10. The first-order chi connectivity index (χ1) is 10.9. The molecule has 0 unspecified atom stereocenters. The van der Waals surface area contributed by atoms with Crippen LogP contribution in [0, 0.1) is 6.92 Å². The van der Waals surface area contributed by atoms with Gasteiger partial charge in [-0.15, -0.1) is 0 Å². The SMILES string of the molecule is CCC(=O)Oc1cccc(Cl)c1COc1cc(Cl)c(C)cc1Br. The number of carbonyl (C=O) groups is 1. The Morgan fingerprint density at radius 2 is 1.91 bits per heavy atom. The number of aryl methyl sites for hydroxylation is 1. The van der Waals surface area contributed by atoms with Gasteiger partial charge < -0.3 is 9.47 Å². The van der Waals surface area contributed by atoms with Gasteiger partial charge in [-0.2, -0.15) is 0 Å².